The van der Waals surface area contributed by atoms with E-state index in [-0.39, 0.29) is 24.5 Å². The molecule has 1 N–H and O–H groups in total. The van der Waals surface area contributed by atoms with Crippen LogP contribution in [0, 0.1) is 5.92 Å². The number of nitrogens with one attached hydrogen (secondary N) is 1. The van der Waals surface area contributed by atoms with Crippen LogP contribution in [0.2, 0.25) is 0 Å². The molecule has 0 bridgehead atoms. The van der Waals surface area contributed by atoms with Crippen LogP contribution < -0.4 is 5.32 Å². The highest BCUT2D eigenvalue weighted by Gasteiger charge is 2.34. The Labute approximate surface area is 122 Å². The highest BCUT2D eigenvalue weighted by atomic mass is 16.6. The number of likely N-dealkylation sites (tertiary alicyclic amines) is 1. The van der Waals surface area contributed by atoms with Gasteiger partial charge in [-0.15, -0.1) is 0 Å². The molecule has 0 aliphatic carbocycles. The van der Waals surface area contributed by atoms with Gasteiger partial charge < -0.3 is 10.1 Å². The summed E-state index contributed by atoms with van der Waals surface area (Å²) in [4.78, 5) is 25.9. The summed E-state index contributed by atoms with van der Waals surface area (Å²) in [6, 6.07) is -0.279. The lowest BCUT2D eigenvalue weighted by atomic mass is 10.1. The van der Waals surface area contributed by atoms with E-state index in [1.165, 1.54) is 0 Å². The second kappa shape index (κ2) is 7.07. The van der Waals surface area contributed by atoms with Gasteiger partial charge in [-0.1, -0.05) is 13.8 Å². The molecule has 0 aromatic carbocycles. The SMILES string of the molecule is CC(C)CNC(=O)CN1CCC[C@H]1C(=O)OC(C)(C)C. The molecule has 1 rings (SSSR count). The molecule has 0 radical (unpaired) electrons. The highest BCUT2D eigenvalue weighted by molar-refractivity contribution is 5.81. The van der Waals surface area contributed by atoms with Gasteiger partial charge in [0.2, 0.25) is 5.91 Å². The molecule has 0 aromatic heterocycles. The summed E-state index contributed by atoms with van der Waals surface area (Å²) in [6.07, 6.45) is 1.70. The van der Waals surface area contributed by atoms with E-state index < -0.39 is 5.60 Å². The van der Waals surface area contributed by atoms with Crippen LogP contribution in [0.1, 0.15) is 47.5 Å². The molecule has 0 aromatic rings. The molecular weight excluding hydrogens is 256 g/mol. The Bertz CT molecular complexity index is 348. The Kier molecular flexibility index (Phi) is 5.99. The van der Waals surface area contributed by atoms with E-state index in [1.807, 2.05) is 25.7 Å². The Morgan fingerprint density at radius 3 is 2.55 bits per heavy atom. The maximum Gasteiger partial charge on any atom is 0.323 e. The second-order valence-electron chi connectivity index (χ2n) is 6.86. The second-order valence-corrected chi connectivity index (χ2v) is 6.86. The molecule has 1 amide bonds. The van der Waals surface area contributed by atoms with Gasteiger partial charge in [-0.05, 0) is 46.1 Å². The van der Waals surface area contributed by atoms with Crippen molar-refractivity contribution in [3.05, 3.63) is 0 Å². The third-order valence-corrected chi connectivity index (χ3v) is 3.10. The van der Waals surface area contributed by atoms with Crippen LogP contribution in [0.3, 0.4) is 0 Å². The number of hydrogen-bond donors (Lipinski definition) is 1. The third kappa shape index (κ3) is 5.90. The molecule has 0 spiro atoms. The molecule has 5 nitrogen and oxygen atoms in total. The predicted molar refractivity (Wildman–Crippen MR) is 78.3 cm³/mol. The average molecular weight is 284 g/mol. The summed E-state index contributed by atoms with van der Waals surface area (Å²) in [5.41, 5.74) is -0.481. The number of hydrogen-bond acceptors (Lipinski definition) is 4. The van der Waals surface area contributed by atoms with Crippen molar-refractivity contribution in [3.8, 4) is 0 Å². The van der Waals surface area contributed by atoms with Crippen LogP contribution >= 0.6 is 0 Å². The van der Waals surface area contributed by atoms with E-state index in [9.17, 15) is 9.59 Å². The normalized spacial score (nSPS) is 20.2. The molecule has 0 unspecified atom stereocenters. The molecule has 116 valence electrons. The summed E-state index contributed by atoms with van der Waals surface area (Å²) in [5.74, 6) is 0.194. The van der Waals surface area contributed by atoms with E-state index >= 15 is 0 Å². The van der Waals surface area contributed by atoms with Gasteiger partial charge in [-0.3, -0.25) is 14.5 Å². The monoisotopic (exact) mass is 284 g/mol. The van der Waals surface area contributed by atoms with Crippen LogP contribution in [-0.2, 0) is 14.3 Å². The third-order valence-electron chi connectivity index (χ3n) is 3.10. The van der Waals surface area contributed by atoms with Crippen molar-refractivity contribution in [3.63, 3.8) is 0 Å². The predicted octanol–water partition coefficient (Wildman–Crippen LogP) is 1.56. The molecule has 0 saturated carbocycles. The molecular formula is C15H28N2O3. The molecule has 1 atom stereocenters. The first-order chi connectivity index (χ1) is 9.19. The minimum absolute atomic E-state index is 0.0193. The van der Waals surface area contributed by atoms with E-state index in [0.29, 0.717) is 12.5 Å². The zero-order valence-electron chi connectivity index (χ0n) is 13.4. The standard InChI is InChI=1S/C15H28N2O3/c1-11(2)9-16-13(18)10-17-8-6-7-12(17)14(19)20-15(3,4)5/h11-12H,6-10H2,1-5H3,(H,16,18)/t12-/m0/s1. The first-order valence-corrected chi connectivity index (χ1v) is 7.42. The summed E-state index contributed by atoms with van der Waals surface area (Å²) < 4.78 is 5.42. The minimum atomic E-state index is -0.481. The highest BCUT2D eigenvalue weighted by Crippen LogP contribution is 2.20. The van der Waals surface area contributed by atoms with Crippen molar-refractivity contribution in [2.45, 2.75) is 59.1 Å². The van der Waals surface area contributed by atoms with Crippen molar-refractivity contribution < 1.29 is 14.3 Å². The fourth-order valence-electron chi connectivity index (χ4n) is 2.21. The smallest absolute Gasteiger partial charge is 0.323 e. The van der Waals surface area contributed by atoms with Gasteiger partial charge in [-0.25, -0.2) is 0 Å². The largest absolute Gasteiger partial charge is 0.459 e. The summed E-state index contributed by atoms with van der Waals surface area (Å²) in [7, 11) is 0. The lowest BCUT2D eigenvalue weighted by molar-refractivity contribution is -0.160. The first kappa shape index (κ1) is 17.0. The molecule has 1 heterocycles. The van der Waals surface area contributed by atoms with Crippen LogP contribution in [0.4, 0.5) is 0 Å². The van der Waals surface area contributed by atoms with Crippen LogP contribution in [0.5, 0.6) is 0 Å². The van der Waals surface area contributed by atoms with Gasteiger partial charge >= 0.3 is 5.97 Å². The van der Waals surface area contributed by atoms with Gasteiger partial charge in [0.25, 0.3) is 0 Å². The zero-order chi connectivity index (χ0) is 15.3. The average Bonchev–Trinajstić information content (AvgIpc) is 2.72. The van der Waals surface area contributed by atoms with Crippen molar-refractivity contribution in [1.29, 1.82) is 0 Å². The van der Waals surface area contributed by atoms with E-state index in [4.69, 9.17) is 4.74 Å². The Morgan fingerprint density at radius 1 is 1.35 bits per heavy atom. The van der Waals surface area contributed by atoms with Crippen molar-refractivity contribution in [2.24, 2.45) is 5.92 Å². The summed E-state index contributed by atoms with van der Waals surface area (Å²) >= 11 is 0. The van der Waals surface area contributed by atoms with Crippen molar-refractivity contribution in [2.75, 3.05) is 19.6 Å². The maximum atomic E-state index is 12.1. The Hall–Kier alpha value is -1.10. The van der Waals surface area contributed by atoms with Gasteiger partial charge in [-0.2, -0.15) is 0 Å². The molecule has 20 heavy (non-hydrogen) atoms. The fraction of sp³-hybridized carbons (Fsp3) is 0.867. The fourth-order valence-corrected chi connectivity index (χ4v) is 2.21. The van der Waals surface area contributed by atoms with E-state index in [1.54, 1.807) is 0 Å². The maximum absolute atomic E-state index is 12.1. The Morgan fingerprint density at radius 2 is 2.00 bits per heavy atom. The van der Waals surface area contributed by atoms with Crippen LogP contribution in [-0.4, -0.2) is 48.1 Å². The number of rotatable bonds is 5. The van der Waals surface area contributed by atoms with Crippen LogP contribution in [0.25, 0.3) is 0 Å². The van der Waals surface area contributed by atoms with Crippen LogP contribution in [0.15, 0.2) is 0 Å². The lowest BCUT2D eigenvalue weighted by Crippen LogP contribution is -2.45. The minimum Gasteiger partial charge on any atom is -0.459 e. The number of carbonyl (C=O) groups excluding carboxylic acids is 2. The Balaban J connectivity index is 2.48. The van der Waals surface area contributed by atoms with E-state index in [2.05, 4.69) is 19.2 Å². The topological polar surface area (TPSA) is 58.6 Å². The first-order valence-electron chi connectivity index (χ1n) is 7.42. The summed E-state index contributed by atoms with van der Waals surface area (Å²) in [5, 5.41) is 2.88. The van der Waals surface area contributed by atoms with Crippen molar-refractivity contribution >= 4 is 11.9 Å². The van der Waals surface area contributed by atoms with E-state index in [0.717, 1.165) is 19.4 Å². The van der Waals surface area contributed by atoms with Crippen molar-refractivity contribution in [1.82, 2.24) is 10.2 Å². The molecule has 1 aliphatic rings. The van der Waals surface area contributed by atoms with Gasteiger partial charge in [0.1, 0.15) is 11.6 Å². The molecule has 1 saturated heterocycles. The lowest BCUT2D eigenvalue weighted by Gasteiger charge is -2.27. The zero-order valence-corrected chi connectivity index (χ0v) is 13.4. The molecule has 1 aliphatic heterocycles. The summed E-state index contributed by atoms with van der Waals surface area (Å²) in [6.45, 7) is 11.4. The van der Waals surface area contributed by atoms with Gasteiger partial charge in [0, 0.05) is 6.54 Å². The molecule has 5 heteroatoms. The molecule has 1 fully saturated rings. The number of ether oxygens (including phenoxy) is 1. The number of esters is 1. The van der Waals surface area contributed by atoms with Gasteiger partial charge in [0.15, 0.2) is 0 Å². The number of nitrogens with zero attached hydrogens (tertiary/aromatic N) is 1. The number of carbonyl (C=O) groups is 2. The number of amides is 1. The van der Waals surface area contributed by atoms with Gasteiger partial charge in [0.05, 0.1) is 6.54 Å². The quantitative estimate of drug-likeness (QED) is 0.779.